The Morgan fingerprint density at radius 1 is 1.27 bits per heavy atom. The lowest BCUT2D eigenvalue weighted by molar-refractivity contribution is 0.0919. The highest BCUT2D eigenvalue weighted by Gasteiger charge is 2.11. The van der Waals surface area contributed by atoms with Gasteiger partial charge in [0.1, 0.15) is 0 Å². The van der Waals surface area contributed by atoms with Crippen molar-refractivity contribution in [2.45, 2.75) is 17.5 Å². The second kappa shape index (κ2) is 6.90. The molecule has 0 aliphatic rings. The van der Waals surface area contributed by atoms with Crippen LogP contribution in [-0.2, 0) is 12.3 Å². The van der Waals surface area contributed by atoms with Crippen LogP contribution in [0.25, 0.3) is 0 Å². The fourth-order valence-corrected chi connectivity index (χ4v) is 2.36. The Labute approximate surface area is 130 Å². The van der Waals surface area contributed by atoms with Crippen LogP contribution >= 0.6 is 11.8 Å². The van der Waals surface area contributed by atoms with Gasteiger partial charge in [0.05, 0.1) is 12.8 Å². The van der Waals surface area contributed by atoms with E-state index in [1.165, 1.54) is 18.0 Å². The third-order valence-corrected chi connectivity index (χ3v) is 3.57. The maximum atomic E-state index is 11.7. The molecule has 3 aromatic rings. The van der Waals surface area contributed by atoms with Gasteiger partial charge in [-0.3, -0.25) is 9.78 Å². The summed E-state index contributed by atoms with van der Waals surface area (Å²) in [6.07, 6.45) is 4.95. The van der Waals surface area contributed by atoms with E-state index in [0.717, 1.165) is 5.56 Å². The molecule has 112 valence electrons. The van der Waals surface area contributed by atoms with Gasteiger partial charge in [0.25, 0.3) is 11.1 Å². The predicted octanol–water partition coefficient (Wildman–Crippen LogP) is 2.28. The largest absolute Gasteiger partial charge is 0.459 e. The Morgan fingerprint density at radius 2 is 2.23 bits per heavy atom. The lowest BCUT2D eigenvalue weighted by Crippen LogP contribution is -2.22. The highest BCUT2D eigenvalue weighted by atomic mass is 32.2. The number of hydrogen-bond donors (Lipinski definition) is 1. The second-order valence-electron chi connectivity index (χ2n) is 4.27. The Hall–Kier alpha value is -2.61. The van der Waals surface area contributed by atoms with Crippen LogP contribution in [0.3, 0.4) is 0 Å². The van der Waals surface area contributed by atoms with Crippen LogP contribution in [0.15, 0.2) is 57.0 Å². The average Bonchev–Trinajstić information content (AvgIpc) is 3.23. The van der Waals surface area contributed by atoms with E-state index in [-0.39, 0.29) is 18.2 Å². The summed E-state index contributed by atoms with van der Waals surface area (Å²) in [5.41, 5.74) is 1.07. The molecule has 3 heterocycles. The summed E-state index contributed by atoms with van der Waals surface area (Å²) >= 11 is 1.41. The fourth-order valence-electron chi connectivity index (χ4n) is 1.65. The maximum absolute atomic E-state index is 11.7. The molecule has 0 fully saturated rings. The monoisotopic (exact) mass is 316 g/mol. The molecule has 0 aliphatic heterocycles. The van der Waals surface area contributed by atoms with Crippen LogP contribution in [-0.4, -0.2) is 21.1 Å². The summed E-state index contributed by atoms with van der Waals surface area (Å²) in [6.45, 7) is 0.153. The first-order valence-corrected chi connectivity index (χ1v) is 7.45. The molecule has 7 nitrogen and oxygen atoms in total. The number of pyridine rings is 1. The molecule has 0 atom stereocenters. The van der Waals surface area contributed by atoms with Crippen molar-refractivity contribution < 1.29 is 13.6 Å². The van der Waals surface area contributed by atoms with Crippen molar-refractivity contribution in [2.75, 3.05) is 0 Å². The molecule has 0 unspecified atom stereocenters. The van der Waals surface area contributed by atoms with E-state index in [1.807, 2.05) is 12.1 Å². The summed E-state index contributed by atoms with van der Waals surface area (Å²) in [5, 5.41) is 10.9. The van der Waals surface area contributed by atoms with Crippen LogP contribution in [0, 0.1) is 0 Å². The van der Waals surface area contributed by atoms with E-state index in [2.05, 4.69) is 20.5 Å². The number of rotatable bonds is 6. The topological polar surface area (TPSA) is 94.1 Å². The zero-order valence-electron chi connectivity index (χ0n) is 11.4. The van der Waals surface area contributed by atoms with E-state index in [1.54, 1.807) is 24.5 Å². The van der Waals surface area contributed by atoms with Crippen molar-refractivity contribution in [3.05, 3.63) is 60.1 Å². The molecule has 0 aromatic carbocycles. The van der Waals surface area contributed by atoms with E-state index in [4.69, 9.17) is 8.83 Å². The summed E-state index contributed by atoms with van der Waals surface area (Å²) in [6, 6.07) is 7.08. The second-order valence-corrected chi connectivity index (χ2v) is 5.20. The lowest BCUT2D eigenvalue weighted by Gasteiger charge is -1.98. The standard InChI is InChI=1S/C14H12N4O3S/c19-13(11-4-2-6-20-11)16-8-12-17-18-14(21-12)22-9-10-3-1-5-15-7-10/h1-7H,8-9H2,(H,16,19). The van der Waals surface area contributed by atoms with Crippen LogP contribution in [0.4, 0.5) is 0 Å². The molecule has 0 saturated carbocycles. The van der Waals surface area contributed by atoms with Crippen LogP contribution < -0.4 is 5.32 Å². The molecule has 0 bridgehead atoms. The Morgan fingerprint density at radius 3 is 3.00 bits per heavy atom. The summed E-state index contributed by atoms with van der Waals surface area (Å²) < 4.78 is 10.4. The molecule has 1 amide bonds. The summed E-state index contributed by atoms with van der Waals surface area (Å²) in [4.78, 5) is 15.7. The molecule has 1 N–H and O–H groups in total. The molecular formula is C14H12N4O3S. The van der Waals surface area contributed by atoms with Gasteiger partial charge in [-0.1, -0.05) is 17.8 Å². The van der Waals surface area contributed by atoms with Crippen molar-refractivity contribution in [2.24, 2.45) is 0 Å². The first kappa shape index (κ1) is 14.3. The molecule has 0 spiro atoms. The number of carbonyl (C=O) groups excluding carboxylic acids is 1. The van der Waals surface area contributed by atoms with Crippen molar-refractivity contribution in [1.82, 2.24) is 20.5 Å². The fraction of sp³-hybridized carbons (Fsp3) is 0.143. The number of thioether (sulfide) groups is 1. The number of nitrogens with one attached hydrogen (secondary N) is 1. The van der Waals surface area contributed by atoms with Gasteiger partial charge in [0.2, 0.25) is 5.89 Å². The maximum Gasteiger partial charge on any atom is 0.287 e. The molecule has 0 saturated heterocycles. The SMILES string of the molecule is O=C(NCc1nnc(SCc2cccnc2)o1)c1ccco1. The molecule has 0 aliphatic carbocycles. The van der Waals surface area contributed by atoms with Gasteiger partial charge in [-0.05, 0) is 23.8 Å². The molecule has 0 radical (unpaired) electrons. The van der Waals surface area contributed by atoms with Crippen LogP contribution in [0.5, 0.6) is 0 Å². The third kappa shape index (κ3) is 3.73. The minimum absolute atomic E-state index is 0.153. The first-order chi connectivity index (χ1) is 10.8. The smallest absolute Gasteiger partial charge is 0.287 e. The van der Waals surface area contributed by atoms with E-state index >= 15 is 0 Å². The molecule has 3 rings (SSSR count). The highest BCUT2D eigenvalue weighted by molar-refractivity contribution is 7.98. The number of amides is 1. The van der Waals surface area contributed by atoms with E-state index in [0.29, 0.717) is 16.9 Å². The van der Waals surface area contributed by atoms with Gasteiger partial charge in [-0.25, -0.2) is 0 Å². The lowest BCUT2D eigenvalue weighted by atomic mass is 10.3. The average molecular weight is 316 g/mol. The van der Waals surface area contributed by atoms with Crippen molar-refractivity contribution in [1.29, 1.82) is 0 Å². The summed E-state index contributed by atoms with van der Waals surface area (Å²) in [7, 11) is 0. The minimum atomic E-state index is -0.326. The third-order valence-electron chi connectivity index (χ3n) is 2.68. The van der Waals surface area contributed by atoms with Gasteiger partial charge < -0.3 is 14.2 Å². The molecule has 3 aromatic heterocycles. The van der Waals surface area contributed by atoms with Gasteiger partial charge in [0, 0.05) is 18.1 Å². The van der Waals surface area contributed by atoms with Gasteiger partial charge >= 0.3 is 0 Å². The first-order valence-electron chi connectivity index (χ1n) is 6.47. The highest BCUT2D eigenvalue weighted by Crippen LogP contribution is 2.20. The van der Waals surface area contributed by atoms with Gasteiger partial charge in [-0.15, -0.1) is 10.2 Å². The van der Waals surface area contributed by atoms with Crippen molar-refractivity contribution in [3.63, 3.8) is 0 Å². The van der Waals surface area contributed by atoms with Gasteiger partial charge in [0.15, 0.2) is 5.76 Å². The Balaban J connectivity index is 1.50. The molecule has 8 heteroatoms. The van der Waals surface area contributed by atoms with E-state index < -0.39 is 0 Å². The summed E-state index contributed by atoms with van der Waals surface area (Å²) in [5.74, 6) is 0.945. The van der Waals surface area contributed by atoms with Crippen molar-refractivity contribution >= 4 is 17.7 Å². The number of carbonyl (C=O) groups is 1. The normalized spacial score (nSPS) is 10.5. The quantitative estimate of drug-likeness (QED) is 0.697. The zero-order valence-corrected chi connectivity index (χ0v) is 12.2. The minimum Gasteiger partial charge on any atom is -0.459 e. The van der Waals surface area contributed by atoms with Crippen molar-refractivity contribution in [3.8, 4) is 0 Å². The molecule has 22 heavy (non-hydrogen) atoms. The number of nitrogens with zero attached hydrogens (tertiary/aromatic N) is 3. The van der Waals surface area contributed by atoms with Crippen LogP contribution in [0.2, 0.25) is 0 Å². The predicted molar refractivity (Wildman–Crippen MR) is 78.0 cm³/mol. The molecular weight excluding hydrogens is 304 g/mol. The number of aromatic nitrogens is 3. The Kier molecular flexibility index (Phi) is 4.50. The Bertz CT molecular complexity index is 728. The zero-order chi connectivity index (χ0) is 15.2. The van der Waals surface area contributed by atoms with Gasteiger partial charge in [-0.2, -0.15) is 0 Å². The van der Waals surface area contributed by atoms with Crippen LogP contribution in [0.1, 0.15) is 22.0 Å². The number of furan rings is 1. The number of hydrogen-bond acceptors (Lipinski definition) is 7. The van der Waals surface area contributed by atoms with E-state index in [9.17, 15) is 4.79 Å².